The Morgan fingerprint density at radius 3 is 2.34 bits per heavy atom. The van der Waals surface area contributed by atoms with Crippen molar-refractivity contribution in [2.24, 2.45) is 0 Å². The second-order valence-corrected chi connectivity index (χ2v) is 8.66. The molecule has 0 aliphatic carbocycles. The van der Waals surface area contributed by atoms with Crippen molar-refractivity contribution in [2.45, 2.75) is 12.5 Å². The Kier molecular flexibility index (Phi) is 6.52. The van der Waals surface area contributed by atoms with Crippen LogP contribution in [-0.2, 0) is 20.8 Å². The molecular weight excluding hydrogens is 446 g/mol. The number of nitrogens with zero attached hydrogens (tertiary/aromatic N) is 2. The summed E-state index contributed by atoms with van der Waals surface area (Å²) in [5.74, 6) is 0.697. The summed E-state index contributed by atoms with van der Waals surface area (Å²) in [6, 6.07) is 21.1. The molecule has 2 aliphatic rings. The quantitative estimate of drug-likeness (QED) is 0.613. The van der Waals surface area contributed by atoms with Crippen LogP contribution in [0.3, 0.4) is 0 Å². The summed E-state index contributed by atoms with van der Waals surface area (Å²) in [5.41, 5.74) is 0.928. The molecule has 1 saturated heterocycles. The Morgan fingerprint density at radius 2 is 1.51 bits per heavy atom. The van der Waals surface area contributed by atoms with Crippen molar-refractivity contribution < 1.29 is 23.9 Å². The van der Waals surface area contributed by atoms with Gasteiger partial charge >= 0.3 is 0 Å². The van der Waals surface area contributed by atoms with Crippen LogP contribution >= 0.6 is 0 Å². The molecular formula is C27H27N3O5. The molecule has 1 N–H and O–H groups in total. The first kappa shape index (κ1) is 22.7. The van der Waals surface area contributed by atoms with Gasteiger partial charge in [0.15, 0.2) is 11.5 Å². The average molecular weight is 474 g/mol. The maximum Gasteiger partial charge on any atom is 0.267 e. The molecule has 8 heteroatoms. The van der Waals surface area contributed by atoms with Crippen LogP contribution in [0, 0.1) is 0 Å². The van der Waals surface area contributed by atoms with E-state index >= 15 is 0 Å². The standard InChI is InChI=1S/C27H27N3O5/c31-25(16-20-8-5-7-19-6-1-2-9-21(19)20)28-17-26(32)29-12-14-30(15-13-29)27(33)24-18-34-22-10-3-4-11-23(22)35-24/h1-11,24H,12-18H2,(H,28,31)/t24-/m1/s1. The van der Waals surface area contributed by atoms with Crippen LogP contribution in [0.1, 0.15) is 5.56 Å². The van der Waals surface area contributed by atoms with Gasteiger partial charge in [0.1, 0.15) is 6.61 Å². The van der Waals surface area contributed by atoms with Crippen LogP contribution in [0.4, 0.5) is 0 Å². The number of carbonyl (C=O) groups excluding carboxylic acids is 3. The molecule has 0 bridgehead atoms. The van der Waals surface area contributed by atoms with Gasteiger partial charge in [-0.25, -0.2) is 0 Å². The van der Waals surface area contributed by atoms with Crippen LogP contribution in [0.5, 0.6) is 11.5 Å². The van der Waals surface area contributed by atoms with Crippen molar-refractivity contribution >= 4 is 28.5 Å². The van der Waals surface area contributed by atoms with E-state index in [0.717, 1.165) is 16.3 Å². The van der Waals surface area contributed by atoms with Crippen LogP contribution in [0.2, 0.25) is 0 Å². The highest BCUT2D eigenvalue weighted by molar-refractivity contribution is 5.91. The summed E-state index contributed by atoms with van der Waals surface area (Å²) in [4.78, 5) is 41.4. The SMILES string of the molecule is O=C(Cc1cccc2ccccc12)NCC(=O)N1CCN(C(=O)[C@H]2COc3ccccc3O2)CC1. The Labute approximate surface area is 203 Å². The van der Waals surface area contributed by atoms with E-state index in [9.17, 15) is 14.4 Å². The molecule has 35 heavy (non-hydrogen) atoms. The summed E-state index contributed by atoms with van der Waals surface area (Å²) in [5, 5.41) is 4.86. The van der Waals surface area contributed by atoms with E-state index in [0.29, 0.717) is 37.7 Å². The summed E-state index contributed by atoms with van der Waals surface area (Å²) < 4.78 is 11.5. The fourth-order valence-corrected chi connectivity index (χ4v) is 4.49. The zero-order valence-electron chi connectivity index (χ0n) is 19.3. The first-order valence-corrected chi connectivity index (χ1v) is 11.8. The van der Waals surface area contributed by atoms with E-state index < -0.39 is 6.10 Å². The number of para-hydroxylation sites is 2. The smallest absolute Gasteiger partial charge is 0.267 e. The highest BCUT2D eigenvalue weighted by atomic mass is 16.6. The number of nitrogens with one attached hydrogen (secondary N) is 1. The highest BCUT2D eigenvalue weighted by Crippen LogP contribution is 2.31. The van der Waals surface area contributed by atoms with Gasteiger partial charge in [0.25, 0.3) is 5.91 Å². The number of hydrogen-bond donors (Lipinski definition) is 1. The van der Waals surface area contributed by atoms with E-state index in [-0.39, 0.29) is 37.3 Å². The maximum atomic E-state index is 12.9. The van der Waals surface area contributed by atoms with Crippen LogP contribution in [-0.4, -0.2) is 73.0 Å². The van der Waals surface area contributed by atoms with E-state index in [4.69, 9.17) is 9.47 Å². The number of hydrogen-bond acceptors (Lipinski definition) is 5. The lowest BCUT2D eigenvalue weighted by atomic mass is 10.0. The third-order valence-corrected chi connectivity index (χ3v) is 6.40. The average Bonchev–Trinajstić information content (AvgIpc) is 2.91. The van der Waals surface area contributed by atoms with Crippen LogP contribution in [0.25, 0.3) is 10.8 Å². The van der Waals surface area contributed by atoms with Crippen molar-refractivity contribution in [3.63, 3.8) is 0 Å². The number of amides is 3. The summed E-state index contributed by atoms with van der Waals surface area (Å²) in [6.07, 6.45) is -0.482. The molecule has 0 unspecified atom stereocenters. The van der Waals surface area contributed by atoms with Gasteiger partial charge in [-0.1, -0.05) is 54.6 Å². The molecule has 0 aromatic heterocycles. The molecule has 8 nitrogen and oxygen atoms in total. The van der Waals surface area contributed by atoms with Crippen molar-refractivity contribution in [3.8, 4) is 11.5 Å². The van der Waals surface area contributed by atoms with Gasteiger partial charge in [-0.05, 0) is 28.5 Å². The number of benzene rings is 3. The molecule has 0 radical (unpaired) electrons. The third kappa shape index (κ3) is 5.06. The molecule has 3 amide bonds. The summed E-state index contributed by atoms with van der Waals surface area (Å²) >= 11 is 0. The van der Waals surface area contributed by atoms with Gasteiger partial charge in [0, 0.05) is 26.2 Å². The zero-order chi connectivity index (χ0) is 24.2. The molecule has 5 rings (SSSR count). The van der Waals surface area contributed by atoms with Crippen molar-refractivity contribution in [3.05, 3.63) is 72.3 Å². The molecule has 3 aromatic carbocycles. The van der Waals surface area contributed by atoms with Crippen LogP contribution in [0.15, 0.2) is 66.7 Å². The second-order valence-electron chi connectivity index (χ2n) is 8.66. The minimum Gasteiger partial charge on any atom is -0.485 e. The van der Waals surface area contributed by atoms with E-state index in [1.807, 2.05) is 54.6 Å². The third-order valence-electron chi connectivity index (χ3n) is 6.40. The van der Waals surface area contributed by atoms with Gasteiger partial charge in [-0.3, -0.25) is 14.4 Å². The van der Waals surface area contributed by atoms with E-state index in [2.05, 4.69) is 5.32 Å². The summed E-state index contributed by atoms with van der Waals surface area (Å²) in [7, 11) is 0. The lowest BCUT2D eigenvalue weighted by molar-refractivity contribution is -0.146. The largest absolute Gasteiger partial charge is 0.485 e. The second kappa shape index (κ2) is 10.0. The zero-order valence-corrected chi connectivity index (χ0v) is 19.3. The maximum absolute atomic E-state index is 12.9. The Balaban J connectivity index is 1.08. The molecule has 1 atom stereocenters. The number of rotatable bonds is 5. The predicted octanol–water partition coefficient (Wildman–Crippen LogP) is 2.01. The lowest BCUT2D eigenvalue weighted by Gasteiger charge is -2.37. The molecule has 0 saturated carbocycles. The Hall–Kier alpha value is -4.07. The number of ether oxygens (including phenoxy) is 2. The van der Waals surface area contributed by atoms with Gasteiger partial charge in [-0.15, -0.1) is 0 Å². The van der Waals surface area contributed by atoms with Crippen LogP contribution < -0.4 is 14.8 Å². The number of fused-ring (bicyclic) bond motifs is 2. The fourth-order valence-electron chi connectivity index (χ4n) is 4.49. The minimum absolute atomic E-state index is 0.0616. The van der Waals surface area contributed by atoms with Gasteiger partial charge in [-0.2, -0.15) is 0 Å². The van der Waals surface area contributed by atoms with Gasteiger partial charge in [0.05, 0.1) is 13.0 Å². The van der Waals surface area contributed by atoms with Crippen molar-refractivity contribution in [2.75, 3.05) is 39.3 Å². The Morgan fingerprint density at radius 1 is 0.829 bits per heavy atom. The van der Waals surface area contributed by atoms with Gasteiger partial charge in [0.2, 0.25) is 17.9 Å². The van der Waals surface area contributed by atoms with Crippen molar-refractivity contribution in [1.29, 1.82) is 0 Å². The first-order chi connectivity index (χ1) is 17.1. The molecule has 2 heterocycles. The number of piperazine rings is 1. The topological polar surface area (TPSA) is 88.2 Å². The van der Waals surface area contributed by atoms with Crippen molar-refractivity contribution in [1.82, 2.24) is 15.1 Å². The first-order valence-electron chi connectivity index (χ1n) is 11.8. The molecule has 3 aromatic rings. The van der Waals surface area contributed by atoms with E-state index in [1.54, 1.807) is 21.9 Å². The van der Waals surface area contributed by atoms with Gasteiger partial charge < -0.3 is 24.6 Å². The predicted molar refractivity (Wildman–Crippen MR) is 130 cm³/mol. The normalized spacial score (nSPS) is 17.2. The monoisotopic (exact) mass is 473 g/mol. The molecule has 1 fully saturated rings. The number of carbonyl (C=O) groups is 3. The fraction of sp³-hybridized carbons (Fsp3) is 0.296. The highest BCUT2D eigenvalue weighted by Gasteiger charge is 2.33. The van der Waals surface area contributed by atoms with E-state index in [1.165, 1.54) is 0 Å². The Bertz CT molecular complexity index is 1250. The minimum atomic E-state index is -0.694. The molecule has 2 aliphatic heterocycles. The lowest BCUT2D eigenvalue weighted by Crippen LogP contribution is -2.56. The summed E-state index contributed by atoms with van der Waals surface area (Å²) in [6.45, 7) is 1.75. The molecule has 0 spiro atoms. The molecule has 180 valence electrons.